The van der Waals surface area contributed by atoms with Crippen molar-refractivity contribution < 1.29 is 17.7 Å². The first-order valence-corrected chi connectivity index (χ1v) is 28.3. The highest BCUT2D eigenvalue weighted by Gasteiger charge is 2.38. The van der Waals surface area contributed by atoms with Crippen molar-refractivity contribution in [1.29, 1.82) is 5.26 Å². The lowest BCUT2D eigenvalue weighted by atomic mass is 9.50. The predicted molar refractivity (Wildman–Crippen MR) is 327 cm³/mol. The molecule has 0 saturated heterocycles. The Morgan fingerprint density at radius 3 is 1.52 bits per heavy atom. The van der Waals surface area contributed by atoms with E-state index in [2.05, 4.69) is 87.5 Å². The topological polar surface area (TPSA) is 137 Å². The van der Waals surface area contributed by atoms with Gasteiger partial charge in [-0.3, -0.25) is 4.55 Å². The molecule has 0 atom stereocenters. The number of imidazole rings is 2. The molecule has 0 aliphatic carbocycles. The molecular formula is C66H52B2N8O4S. The third-order valence-electron chi connectivity index (χ3n) is 15.2. The Balaban J connectivity index is 1.41. The zero-order valence-corrected chi connectivity index (χ0v) is 45.5. The minimum Gasteiger partial charge on any atom is -0.494 e. The van der Waals surface area contributed by atoms with Crippen molar-refractivity contribution >= 4 is 89.8 Å². The predicted octanol–water partition coefficient (Wildman–Crippen LogP) is 8.62. The molecule has 4 heterocycles. The number of aromatic nitrogens is 6. The molecule has 8 aromatic carbocycles. The zero-order chi connectivity index (χ0) is 55.8. The Kier molecular flexibility index (Phi) is 13.9. The van der Waals surface area contributed by atoms with Gasteiger partial charge < -0.3 is 22.8 Å². The van der Waals surface area contributed by atoms with Crippen LogP contribution in [0.15, 0.2) is 218 Å². The summed E-state index contributed by atoms with van der Waals surface area (Å²) in [6.45, 7) is 10.6. The van der Waals surface area contributed by atoms with Gasteiger partial charge in [0, 0.05) is 47.2 Å². The second kappa shape index (κ2) is 21.7. The summed E-state index contributed by atoms with van der Waals surface area (Å²) in [7, 11) is -0.292. The summed E-state index contributed by atoms with van der Waals surface area (Å²) in [5, 5.41) is 14.9. The molecule has 12 nitrogen and oxygen atoms in total. The molecule has 392 valence electrons. The number of nitriles is 1. The van der Waals surface area contributed by atoms with Gasteiger partial charge in [-0.15, -0.1) is 0 Å². The van der Waals surface area contributed by atoms with Gasteiger partial charge in [0.1, 0.15) is 23.2 Å². The molecule has 81 heavy (non-hydrogen) atoms. The smallest absolute Gasteiger partial charge is 0.328 e. The fraction of sp³-hybridized carbons (Fsp3) is 0.0909. The van der Waals surface area contributed by atoms with Gasteiger partial charge in [0.25, 0.3) is 15.8 Å². The van der Waals surface area contributed by atoms with Crippen LogP contribution in [0.5, 0.6) is 5.75 Å². The number of aryl methyl sites for hydroxylation is 3. The minimum atomic E-state index is -4.19. The molecule has 12 rings (SSSR count). The van der Waals surface area contributed by atoms with Crippen LogP contribution in [0.4, 0.5) is 0 Å². The highest BCUT2D eigenvalue weighted by Crippen LogP contribution is 2.38. The number of hydrogen-bond donors (Lipinski definition) is 1. The molecule has 1 N–H and O–H groups in total. The van der Waals surface area contributed by atoms with Crippen LogP contribution in [0.25, 0.3) is 71.5 Å². The third-order valence-corrected chi connectivity index (χ3v) is 16.0. The Morgan fingerprint density at radius 2 is 1.04 bits per heavy atom. The van der Waals surface area contributed by atoms with Crippen molar-refractivity contribution in [3.63, 3.8) is 0 Å². The Hall–Kier alpha value is -9.92. The molecule has 0 aliphatic heterocycles. The summed E-state index contributed by atoms with van der Waals surface area (Å²) >= 11 is 0. The highest BCUT2D eigenvalue weighted by atomic mass is 32.2. The first-order valence-electron chi connectivity index (χ1n) is 26.7. The molecule has 0 amide bonds. The van der Waals surface area contributed by atoms with Crippen LogP contribution in [0.3, 0.4) is 0 Å². The summed E-state index contributed by atoms with van der Waals surface area (Å²) in [6, 6.07) is 75.8. The van der Waals surface area contributed by atoms with Crippen molar-refractivity contribution in [2.24, 2.45) is 14.1 Å². The number of para-hydroxylation sites is 4. The van der Waals surface area contributed by atoms with Crippen LogP contribution in [0, 0.1) is 24.8 Å². The number of benzene rings is 8. The van der Waals surface area contributed by atoms with Gasteiger partial charge in [0.2, 0.25) is 0 Å². The zero-order valence-electron chi connectivity index (χ0n) is 44.7. The SMILES string of the molecule is [C-]#[N+]/C(c1nc2ccccc2n1C)=c1\c2c(-c3ccccc3C)n(B(c3ccccc3)c3ccccc3)/c(=C(/C#N)c3nc4ccccc4n3C)c2c(-c2ccc(OCCCS(=O)(=O)O)cc2)n1B(c1ccccc1)c1ccccc1. The van der Waals surface area contributed by atoms with Crippen LogP contribution in [0.1, 0.15) is 23.6 Å². The maximum absolute atomic E-state index is 12.4. The summed E-state index contributed by atoms with van der Waals surface area (Å²) < 4.78 is 47.7. The first-order chi connectivity index (χ1) is 39.5. The second-order valence-electron chi connectivity index (χ2n) is 20.1. The quantitative estimate of drug-likeness (QED) is 0.0470. The summed E-state index contributed by atoms with van der Waals surface area (Å²) in [4.78, 5) is 15.3. The van der Waals surface area contributed by atoms with E-state index in [1.807, 2.05) is 181 Å². The van der Waals surface area contributed by atoms with Crippen LogP contribution < -0.4 is 37.3 Å². The molecule has 0 spiro atoms. The monoisotopic (exact) mass is 1070 g/mol. The molecule has 4 aromatic heterocycles. The van der Waals surface area contributed by atoms with E-state index in [4.69, 9.17) is 14.7 Å². The molecular weight excluding hydrogens is 1020 g/mol. The minimum absolute atomic E-state index is 0.0427. The molecule has 0 radical (unpaired) electrons. The van der Waals surface area contributed by atoms with Crippen molar-refractivity contribution in [3.05, 3.63) is 258 Å². The van der Waals surface area contributed by atoms with Gasteiger partial charge in [0.05, 0.1) is 46.3 Å². The molecule has 0 saturated carbocycles. The van der Waals surface area contributed by atoms with Crippen LogP contribution in [-0.2, 0) is 24.2 Å². The van der Waals surface area contributed by atoms with Gasteiger partial charge in [-0.05, 0) is 73.0 Å². The van der Waals surface area contributed by atoms with E-state index in [9.17, 15) is 24.8 Å². The lowest BCUT2D eigenvalue weighted by Gasteiger charge is -2.25. The number of hydrogen-bond acceptors (Lipinski definition) is 6. The Bertz CT molecular complexity index is 4500. The number of ether oxygens (including phenoxy) is 1. The van der Waals surface area contributed by atoms with Crippen molar-refractivity contribution in [3.8, 4) is 34.3 Å². The lowest BCUT2D eigenvalue weighted by molar-refractivity contribution is 0.316. The molecule has 0 unspecified atom stereocenters. The van der Waals surface area contributed by atoms with Gasteiger partial charge in [-0.25, -0.2) is 14.8 Å². The molecule has 15 heteroatoms. The number of rotatable bonds is 15. The van der Waals surface area contributed by atoms with E-state index in [0.717, 1.165) is 71.7 Å². The Morgan fingerprint density at radius 1 is 0.593 bits per heavy atom. The van der Waals surface area contributed by atoms with E-state index in [-0.39, 0.29) is 18.7 Å². The largest absolute Gasteiger partial charge is 0.494 e. The van der Waals surface area contributed by atoms with Crippen molar-refractivity contribution in [2.75, 3.05) is 12.4 Å². The van der Waals surface area contributed by atoms with Crippen LogP contribution >= 0.6 is 0 Å². The third kappa shape index (κ3) is 9.48. The van der Waals surface area contributed by atoms with E-state index in [1.165, 1.54) is 0 Å². The normalized spacial score (nSPS) is 12.3. The fourth-order valence-electron chi connectivity index (χ4n) is 11.6. The second-order valence-corrected chi connectivity index (χ2v) is 21.6. The summed E-state index contributed by atoms with van der Waals surface area (Å²) in [5.41, 5.74) is 11.6. The van der Waals surface area contributed by atoms with E-state index < -0.39 is 29.6 Å². The average Bonchev–Trinajstić information content (AvgIpc) is 3.90. The molecule has 12 aromatic rings. The first kappa shape index (κ1) is 51.8. The van der Waals surface area contributed by atoms with Crippen molar-refractivity contribution in [1.82, 2.24) is 28.1 Å². The maximum Gasteiger partial charge on any atom is 0.328 e. The van der Waals surface area contributed by atoms with E-state index in [1.54, 1.807) is 0 Å². The van der Waals surface area contributed by atoms with Gasteiger partial charge in [-0.2, -0.15) is 13.7 Å². The van der Waals surface area contributed by atoms with Gasteiger partial charge >= 0.3 is 13.7 Å². The van der Waals surface area contributed by atoms with Gasteiger partial charge in [-0.1, -0.05) is 192 Å². The lowest BCUT2D eigenvalue weighted by Crippen LogP contribution is -2.54. The standard InChI is InChI=1S/C66H52B2N8O4S/c1-45-24-17-18-33-52(45)62-59-58(63(53(44-69)65-71-54-34-19-21-36-56(54)73(65)3)76(62)68(49-29-13-7-14-30-49)50-31-15-8-16-32-50)61(46-38-40-51(41-39-46)80-42-23-43-81(77,78)79)75(67(47-25-9-5-10-26-47)48-27-11-6-12-28-48)64(59)60(70-2)66-72-55-35-20-22-37-57(55)74(66)4/h5-22,24-41H,23,42-43H2,1,3-4H3,(H,77,78,79)/b63-53-,64-60+. The fourth-order valence-corrected chi connectivity index (χ4v) is 12.1. The molecule has 0 aliphatic rings. The molecule has 0 bridgehead atoms. The number of nitrogens with zero attached hydrogens (tertiary/aromatic N) is 8. The summed E-state index contributed by atoms with van der Waals surface area (Å²) in [6.07, 6.45) is 0.0816. The Labute approximate surface area is 470 Å². The van der Waals surface area contributed by atoms with E-state index in [0.29, 0.717) is 44.7 Å². The number of fused-ring (bicyclic) bond motifs is 3. The highest BCUT2D eigenvalue weighted by molar-refractivity contribution is 7.85. The van der Waals surface area contributed by atoms with Crippen LogP contribution in [0.2, 0.25) is 0 Å². The average molecular weight is 1070 g/mol. The maximum atomic E-state index is 12.4. The summed E-state index contributed by atoms with van der Waals surface area (Å²) in [5.74, 6) is 0.955. The molecule has 0 fully saturated rings. The van der Waals surface area contributed by atoms with Crippen LogP contribution in [-0.4, -0.2) is 67.1 Å². The van der Waals surface area contributed by atoms with E-state index >= 15 is 0 Å². The van der Waals surface area contributed by atoms with Gasteiger partial charge in [0.15, 0.2) is 5.82 Å². The van der Waals surface area contributed by atoms with Crippen molar-refractivity contribution in [2.45, 2.75) is 13.3 Å².